The maximum Gasteiger partial charge on any atom is 0.0759 e. The molecule has 0 bridgehead atoms. The fourth-order valence-corrected chi connectivity index (χ4v) is 10.2. The van der Waals surface area contributed by atoms with Crippen LogP contribution in [-0.2, 0) is 4.18 Å². The van der Waals surface area contributed by atoms with Gasteiger partial charge in [0.15, 0.2) is 0 Å². The smallest absolute Gasteiger partial charge is 0.0759 e. The third kappa shape index (κ3) is 2.38. The Morgan fingerprint density at radius 1 is 1.11 bits per heavy atom. The quantitative estimate of drug-likeness (QED) is 0.398. The van der Waals surface area contributed by atoms with Crippen LogP contribution in [0.4, 0.5) is 0 Å². The summed E-state index contributed by atoms with van der Waals surface area (Å²) in [5.41, 5.74) is -0.526. The van der Waals surface area contributed by atoms with Crippen molar-refractivity contribution in [1.82, 2.24) is 0 Å². The Kier molecular flexibility index (Phi) is 4.60. The molecule has 5 aliphatic rings. The molecule has 0 aromatic carbocycles. The molecule has 5 fully saturated rings. The Hall–Kier alpha value is 0.960. The van der Waals surface area contributed by atoms with E-state index in [1.165, 1.54) is 22.1 Å². The predicted octanol–water partition coefficient (Wildman–Crippen LogP) is 5.24. The number of fused-ring (bicyclic) bond motifs is 7. The highest BCUT2D eigenvalue weighted by Crippen LogP contribution is 2.75. The van der Waals surface area contributed by atoms with Crippen LogP contribution in [0.2, 0.25) is 0 Å². The molecule has 5 heteroatoms. The lowest BCUT2D eigenvalue weighted by atomic mass is 9.39. The molecule has 0 radical (unpaired) electrons. The molecular weight excluding hydrogens is 471 g/mol. The Labute approximate surface area is 180 Å². The van der Waals surface area contributed by atoms with Gasteiger partial charge < -0.3 is 14.4 Å². The number of hydrogen-bond donors (Lipinski definition) is 2. The Morgan fingerprint density at radius 3 is 2.56 bits per heavy atom. The minimum atomic E-state index is -0.628. The fraction of sp³-hybridized carbons (Fsp3) is 1.00. The molecule has 0 heterocycles. The van der Waals surface area contributed by atoms with E-state index >= 15 is 0 Å². The number of halogens is 1. The molecule has 0 spiro atoms. The van der Waals surface area contributed by atoms with Crippen molar-refractivity contribution in [2.45, 2.75) is 84.0 Å². The van der Waals surface area contributed by atoms with Gasteiger partial charge in [-0.25, -0.2) is 0 Å². The highest BCUT2D eigenvalue weighted by Gasteiger charge is 2.74. The topological polar surface area (TPSA) is 49.7 Å². The Balaban J connectivity index is 1.53. The summed E-state index contributed by atoms with van der Waals surface area (Å²) in [6, 6.07) is 0. The van der Waals surface area contributed by atoms with Crippen molar-refractivity contribution in [2.75, 3.05) is 0 Å². The first-order valence-electron chi connectivity index (χ1n) is 11.0. The molecule has 5 aliphatic carbocycles. The maximum absolute atomic E-state index is 12.1. The third-order valence-corrected chi connectivity index (χ3v) is 11.7. The van der Waals surface area contributed by atoms with Gasteiger partial charge in [0.05, 0.1) is 27.0 Å². The monoisotopic (exact) mass is 506 g/mol. The van der Waals surface area contributed by atoms with Crippen LogP contribution in [0.3, 0.4) is 0 Å². The van der Waals surface area contributed by atoms with Crippen molar-refractivity contribution in [1.29, 1.82) is 0 Å². The fourth-order valence-electron chi connectivity index (χ4n) is 9.05. The van der Waals surface area contributed by atoms with Crippen molar-refractivity contribution in [3.05, 3.63) is 0 Å². The van der Waals surface area contributed by atoms with E-state index in [0.717, 1.165) is 31.6 Å². The van der Waals surface area contributed by atoms with Gasteiger partial charge in [-0.05, 0) is 84.4 Å². The number of aliphatic hydroxyl groups excluding tert-OH is 1. The zero-order valence-corrected chi connectivity index (χ0v) is 20.0. The lowest BCUT2D eigenvalue weighted by Crippen LogP contribution is -2.69. The van der Waals surface area contributed by atoms with E-state index in [1.807, 2.05) is 0 Å². The zero-order chi connectivity index (χ0) is 19.4. The van der Waals surface area contributed by atoms with Gasteiger partial charge in [-0.15, -0.1) is 0 Å². The standard InChI is InChI=1S/C22H35IO3S/c1-11-12(2)22(25)10-13(26-27-23)5-8-21(22,4)16-6-7-20(3)18(17(11)16)14-9-15(14)19(20)24/h11-19,24-25H,5-10H2,1-4H3/t11?,12-,13?,14?,15?,16?,17?,18?,19?,20?,21?,22?/m1/s1. The second-order valence-electron chi connectivity index (χ2n) is 11.3. The molecule has 154 valence electrons. The average molecular weight is 506 g/mol. The minimum absolute atomic E-state index is 0.0152. The molecular formula is C22H35IO3S. The molecule has 0 amide bonds. The van der Waals surface area contributed by atoms with Gasteiger partial charge in [-0.1, -0.05) is 27.7 Å². The normalized spacial score (nSPS) is 64.3. The van der Waals surface area contributed by atoms with Gasteiger partial charge in [0.25, 0.3) is 0 Å². The van der Waals surface area contributed by atoms with Gasteiger partial charge in [-0.2, -0.15) is 0 Å². The van der Waals surface area contributed by atoms with Gasteiger partial charge in [0.1, 0.15) is 0 Å². The first-order valence-corrected chi connectivity index (χ1v) is 14.3. The number of rotatable bonds is 2. The summed E-state index contributed by atoms with van der Waals surface area (Å²) < 4.78 is 5.90. The van der Waals surface area contributed by atoms with Crippen LogP contribution < -0.4 is 0 Å². The molecule has 11 unspecified atom stereocenters. The zero-order valence-electron chi connectivity index (χ0n) is 17.0. The molecule has 0 aromatic rings. The van der Waals surface area contributed by atoms with Crippen LogP contribution in [-0.4, -0.2) is 28.0 Å². The first kappa shape index (κ1) is 19.9. The van der Waals surface area contributed by atoms with Crippen LogP contribution in [0.15, 0.2) is 0 Å². The molecule has 5 saturated carbocycles. The van der Waals surface area contributed by atoms with Gasteiger partial charge in [-0.3, -0.25) is 0 Å². The summed E-state index contributed by atoms with van der Waals surface area (Å²) in [4.78, 5) is 0. The molecule has 0 saturated heterocycles. The van der Waals surface area contributed by atoms with E-state index in [-0.39, 0.29) is 29.0 Å². The minimum Gasteiger partial charge on any atom is -0.392 e. The molecule has 2 N–H and O–H groups in total. The molecule has 3 nitrogen and oxygen atoms in total. The van der Waals surface area contributed by atoms with E-state index in [4.69, 9.17) is 4.18 Å². The lowest BCUT2D eigenvalue weighted by Gasteiger charge is -2.68. The van der Waals surface area contributed by atoms with E-state index in [9.17, 15) is 10.2 Å². The van der Waals surface area contributed by atoms with Crippen molar-refractivity contribution in [2.24, 2.45) is 52.3 Å². The summed E-state index contributed by atoms with van der Waals surface area (Å²) in [5.74, 6) is 4.02. The van der Waals surface area contributed by atoms with E-state index in [1.54, 1.807) is 0 Å². The number of aliphatic hydroxyl groups is 2. The Morgan fingerprint density at radius 2 is 1.85 bits per heavy atom. The van der Waals surface area contributed by atoms with Crippen molar-refractivity contribution >= 4 is 30.4 Å². The number of hydrogen-bond acceptors (Lipinski definition) is 4. The van der Waals surface area contributed by atoms with E-state index in [2.05, 4.69) is 48.9 Å². The van der Waals surface area contributed by atoms with Gasteiger partial charge in [0, 0.05) is 27.6 Å². The third-order valence-electron chi connectivity index (χ3n) is 10.7. The SMILES string of the molecule is CC1C2C3C4CC4C(O)C3(C)CCC2C2(C)CCC(OSI)CC2(O)[C@@H]1C. The maximum atomic E-state index is 12.1. The largest absolute Gasteiger partial charge is 0.392 e. The second-order valence-corrected chi connectivity index (χ2v) is 12.7. The van der Waals surface area contributed by atoms with Crippen molar-refractivity contribution in [3.63, 3.8) is 0 Å². The first-order chi connectivity index (χ1) is 12.7. The van der Waals surface area contributed by atoms with E-state index in [0.29, 0.717) is 29.6 Å². The van der Waals surface area contributed by atoms with Crippen molar-refractivity contribution in [3.8, 4) is 0 Å². The average Bonchev–Trinajstić information content (AvgIpc) is 3.37. The van der Waals surface area contributed by atoms with Crippen LogP contribution in [0, 0.1) is 52.3 Å². The predicted molar refractivity (Wildman–Crippen MR) is 117 cm³/mol. The molecule has 27 heavy (non-hydrogen) atoms. The highest BCUT2D eigenvalue weighted by molar-refractivity contribution is 14.2. The lowest BCUT2D eigenvalue weighted by molar-refractivity contribution is -0.263. The molecule has 12 atom stereocenters. The second kappa shape index (κ2) is 6.24. The molecule has 0 aliphatic heterocycles. The highest BCUT2D eigenvalue weighted by atomic mass is 127. The van der Waals surface area contributed by atoms with Crippen LogP contribution in [0.25, 0.3) is 0 Å². The molecule has 5 rings (SSSR count). The summed E-state index contributed by atoms with van der Waals surface area (Å²) in [5, 5.41) is 23.1. The van der Waals surface area contributed by atoms with Gasteiger partial charge >= 0.3 is 0 Å². The molecule has 0 aromatic heterocycles. The summed E-state index contributed by atoms with van der Waals surface area (Å²) in [6.07, 6.45) is 6.57. The summed E-state index contributed by atoms with van der Waals surface area (Å²) >= 11 is 2.20. The van der Waals surface area contributed by atoms with Crippen LogP contribution >= 0.6 is 30.4 Å². The summed E-state index contributed by atoms with van der Waals surface area (Å²) in [7, 11) is 1.42. The van der Waals surface area contributed by atoms with Crippen molar-refractivity contribution < 1.29 is 14.4 Å². The van der Waals surface area contributed by atoms with Crippen LogP contribution in [0.1, 0.15) is 66.2 Å². The van der Waals surface area contributed by atoms with E-state index < -0.39 is 5.60 Å². The van der Waals surface area contributed by atoms with Crippen LogP contribution in [0.5, 0.6) is 0 Å². The summed E-state index contributed by atoms with van der Waals surface area (Å²) in [6.45, 7) is 9.50. The Bertz CT molecular complexity index is 633. The van der Waals surface area contributed by atoms with Gasteiger partial charge in [0.2, 0.25) is 0 Å².